The minimum absolute atomic E-state index is 0.0156. The molecule has 3 N–H and O–H groups in total. The number of alkyl carbamates (subject to hydrolysis) is 1. The molecular weight excluding hydrogens is 310 g/mol. The zero-order chi connectivity index (χ0) is 18.2. The van der Waals surface area contributed by atoms with Gasteiger partial charge in [0, 0.05) is 18.4 Å². The van der Waals surface area contributed by atoms with E-state index < -0.39 is 23.7 Å². The van der Waals surface area contributed by atoms with Gasteiger partial charge in [-0.2, -0.15) is 0 Å². The molecule has 0 spiro atoms. The summed E-state index contributed by atoms with van der Waals surface area (Å²) in [7, 11) is 0. The van der Waals surface area contributed by atoms with Crippen molar-refractivity contribution in [2.45, 2.75) is 45.3 Å². The van der Waals surface area contributed by atoms with E-state index in [1.807, 2.05) is 0 Å². The molecular formula is C18H23NO5. The van der Waals surface area contributed by atoms with E-state index >= 15 is 0 Å². The zero-order valence-electron chi connectivity index (χ0n) is 14.1. The number of aliphatic carboxylic acids is 1. The van der Waals surface area contributed by atoms with Crippen LogP contribution in [0.15, 0.2) is 24.3 Å². The SMILES string of the molecule is CC(C)(C)OC(=O)NC(Cc1ccc(C#CCCO)cc1)C(=O)O. The monoisotopic (exact) mass is 333 g/mol. The average molecular weight is 333 g/mol. The van der Waals surface area contributed by atoms with E-state index in [0.717, 1.165) is 11.1 Å². The van der Waals surface area contributed by atoms with Crippen molar-refractivity contribution >= 4 is 12.1 Å². The van der Waals surface area contributed by atoms with Crippen LogP contribution in [0.5, 0.6) is 0 Å². The molecule has 1 amide bonds. The second-order valence-electron chi connectivity index (χ2n) is 6.21. The molecule has 130 valence electrons. The van der Waals surface area contributed by atoms with Crippen LogP contribution in [0.4, 0.5) is 4.79 Å². The second kappa shape index (κ2) is 8.94. The summed E-state index contributed by atoms with van der Waals surface area (Å²) in [4.78, 5) is 23.1. The predicted octanol–water partition coefficient (Wildman–Crippen LogP) is 1.94. The maximum atomic E-state index is 11.7. The predicted molar refractivity (Wildman–Crippen MR) is 89.5 cm³/mol. The third kappa shape index (κ3) is 7.65. The Hall–Kier alpha value is -2.52. The van der Waals surface area contributed by atoms with E-state index in [4.69, 9.17) is 9.84 Å². The molecule has 0 saturated heterocycles. The fourth-order valence-electron chi connectivity index (χ4n) is 1.83. The van der Waals surface area contributed by atoms with Crippen LogP contribution in [0.25, 0.3) is 0 Å². The molecule has 0 radical (unpaired) electrons. The smallest absolute Gasteiger partial charge is 0.408 e. The van der Waals surface area contributed by atoms with E-state index in [0.29, 0.717) is 6.42 Å². The van der Waals surface area contributed by atoms with Gasteiger partial charge >= 0.3 is 12.1 Å². The lowest BCUT2D eigenvalue weighted by atomic mass is 10.0. The van der Waals surface area contributed by atoms with Crippen LogP contribution in [0, 0.1) is 11.8 Å². The van der Waals surface area contributed by atoms with Gasteiger partial charge in [0.15, 0.2) is 0 Å². The van der Waals surface area contributed by atoms with Gasteiger partial charge in [-0.3, -0.25) is 0 Å². The fourth-order valence-corrected chi connectivity index (χ4v) is 1.83. The summed E-state index contributed by atoms with van der Waals surface area (Å²) < 4.78 is 5.08. The number of aliphatic hydroxyl groups is 1. The maximum absolute atomic E-state index is 11.7. The topological polar surface area (TPSA) is 95.9 Å². The van der Waals surface area contributed by atoms with Crippen molar-refractivity contribution in [3.8, 4) is 11.8 Å². The van der Waals surface area contributed by atoms with Crippen LogP contribution < -0.4 is 5.32 Å². The molecule has 0 aliphatic carbocycles. The minimum Gasteiger partial charge on any atom is -0.480 e. The van der Waals surface area contributed by atoms with Gasteiger partial charge in [0.05, 0.1) is 6.61 Å². The highest BCUT2D eigenvalue weighted by Gasteiger charge is 2.24. The normalized spacial score (nSPS) is 11.8. The Kier molecular flexibility index (Phi) is 7.28. The van der Waals surface area contributed by atoms with Gasteiger partial charge in [0.25, 0.3) is 0 Å². The number of carbonyl (C=O) groups excluding carboxylic acids is 1. The number of benzene rings is 1. The molecule has 0 fully saturated rings. The first-order valence-corrected chi connectivity index (χ1v) is 7.62. The number of rotatable bonds is 5. The van der Waals surface area contributed by atoms with Gasteiger partial charge < -0.3 is 20.3 Å². The van der Waals surface area contributed by atoms with Crippen molar-refractivity contribution in [3.05, 3.63) is 35.4 Å². The number of carbonyl (C=O) groups is 2. The quantitative estimate of drug-likeness (QED) is 0.716. The summed E-state index contributed by atoms with van der Waals surface area (Å²) in [6, 6.07) is 5.98. The fraction of sp³-hybridized carbons (Fsp3) is 0.444. The first kappa shape index (κ1) is 19.5. The van der Waals surface area contributed by atoms with Crippen LogP contribution >= 0.6 is 0 Å². The Bertz CT molecular complexity index is 620. The van der Waals surface area contributed by atoms with Crippen molar-refractivity contribution in [2.24, 2.45) is 0 Å². The van der Waals surface area contributed by atoms with E-state index in [1.165, 1.54) is 0 Å². The van der Waals surface area contributed by atoms with Gasteiger partial charge in [-0.15, -0.1) is 0 Å². The zero-order valence-corrected chi connectivity index (χ0v) is 14.1. The van der Waals surface area contributed by atoms with Crippen molar-refractivity contribution in [1.29, 1.82) is 0 Å². The molecule has 1 aromatic rings. The largest absolute Gasteiger partial charge is 0.480 e. The number of ether oxygens (including phenoxy) is 1. The van der Waals surface area contributed by atoms with Crippen LogP contribution in [-0.2, 0) is 16.0 Å². The minimum atomic E-state index is -1.13. The third-order valence-corrected chi connectivity index (χ3v) is 2.85. The molecule has 1 atom stereocenters. The Morgan fingerprint density at radius 1 is 1.25 bits per heavy atom. The number of aliphatic hydroxyl groups excluding tert-OH is 1. The van der Waals surface area contributed by atoms with Gasteiger partial charge in [0.1, 0.15) is 11.6 Å². The summed E-state index contributed by atoms with van der Waals surface area (Å²) in [6.07, 6.45) is -0.219. The molecule has 6 nitrogen and oxygen atoms in total. The van der Waals surface area contributed by atoms with Crippen molar-refractivity contribution < 1.29 is 24.5 Å². The molecule has 0 heterocycles. The molecule has 0 aromatic heterocycles. The van der Waals surface area contributed by atoms with Crippen LogP contribution in [0.3, 0.4) is 0 Å². The molecule has 0 bridgehead atoms. The number of amides is 1. The van der Waals surface area contributed by atoms with E-state index in [-0.39, 0.29) is 13.0 Å². The summed E-state index contributed by atoms with van der Waals surface area (Å²) >= 11 is 0. The summed E-state index contributed by atoms with van der Waals surface area (Å²) in [6.45, 7) is 5.14. The lowest BCUT2D eigenvalue weighted by Gasteiger charge is -2.22. The van der Waals surface area contributed by atoms with Gasteiger partial charge in [-0.25, -0.2) is 9.59 Å². The van der Waals surface area contributed by atoms with Crippen molar-refractivity contribution in [2.75, 3.05) is 6.61 Å². The molecule has 1 aromatic carbocycles. The first-order valence-electron chi connectivity index (χ1n) is 7.62. The third-order valence-electron chi connectivity index (χ3n) is 2.85. The number of carboxylic acids is 1. The highest BCUT2D eigenvalue weighted by Crippen LogP contribution is 2.09. The average Bonchev–Trinajstić information content (AvgIpc) is 2.46. The van der Waals surface area contributed by atoms with Crippen LogP contribution in [0.1, 0.15) is 38.3 Å². The summed E-state index contributed by atoms with van der Waals surface area (Å²) in [5.41, 5.74) is 0.840. The number of nitrogens with one attached hydrogen (secondary N) is 1. The highest BCUT2D eigenvalue weighted by atomic mass is 16.6. The standard InChI is InChI=1S/C18H23NO5/c1-18(2,3)24-17(23)19-15(16(21)22)12-14-9-7-13(8-10-14)6-4-5-11-20/h7-10,15,20H,5,11-12H2,1-3H3,(H,19,23)(H,21,22). The molecule has 1 unspecified atom stereocenters. The molecule has 0 aliphatic heterocycles. The van der Waals surface area contributed by atoms with E-state index in [1.54, 1.807) is 45.0 Å². The number of hydrogen-bond donors (Lipinski definition) is 3. The van der Waals surface area contributed by atoms with E-state index in [2.05, 4.69) is 17.2 Å². The molecule has 0 saturated carbocycles. The van der Waals surface area contributed by atoms with Crippen molar-refractivity contribution in [1.82, 2.24) is 5.32 Å². The van der Waals surface area contributed by atoms with E-state index in [9.17, 15) is 14.7 Å². The number of carboxylic acid groups (broad SMARTS) is 1. The van der Waals surface area contributed by atoms with Crippen LogP contribution in [0.2, 0.25) is 0 Å². The Morgan fingerprint density at radius 3 is 2.38 bits per heavy atom. The molecule has 6 heteroatoms. The lowest BCUT2D eigenvalue weighted by molar-refractivity contribution is -0.139. The molecule has 24 heavy (non-hydrogen) atoms. The second-order valence-corrected chi connectivity index (χ2v) is 6.21. The van der Waals surface area contributed by atoms with Crippen LogP contribution in [-0.4, -0.2) is 40.5 Å². The summed E-state index contributed by atoms with van der Waals surface area (Å²) in [5.74, 6) is 4.57. The number of hydrogen-bond acceptors (Lipinski definition) is 4. The van der Waals surface area contributed by atoms with Crippen molar-refractivity contribution in [3.63, 3.8) is 0 Å². The Morgan fingerprint density at radius 2 is 1.88 bits per heavy atom. The first-order chi connectivity index (χ1) is 11.2. The van der Waals surface area contributed by atoms with Gasteiger partial charge in [-0.05, 0) is 38.5 Å². The van der Waals surface area contributed by atoms with Gasteiger partial charge in [-0.1, -0.05) is 24.0 Å². The Labute approximate surface area is 141 Å². The molecule has 0 aliphatic rings. The molecule has 1 rings (SSSR count). The maximum Gasteiger partial charge on any atom is 0.408 e. The van der Waals surface area contributed by atoms with Gasteiger partial charge in [0.2, 0.25) is 0 Å². The summed E-state index contributed by atoms with van der Waals surface area (Å²) in [5, 5.41) is 20.3. The lowest BCUT2D eigenvalue weighted by Crippen LogP contribution is -2.44. The Balaban J connectivity index is 2.70. The highest BCUT2D eigenvalue weighted by molar-refractivity contribution is 5.80.